The summed E-state index contributed by atoms with van der Waals surface area (Å²) in [6.07, 6.45) is 2.41. The lowest BCUT2D eigenvalue weighted by Gasteiger charge is -2.19. The van der Waals surface area contributed by atoms with E-state index in [1.54, 1.807) is 23.0 Å². The van der Waals surface area contributed by atoms with E-state index in [0.717, 1.165) is 24.3 Å². The molecule has 23 heavy (non-hydrogen) atoms. The lowest BCUT2D eigenvalue weighted by atomic mass is 10.2. The molecule has 5 nitrogen and oxygen atoms in total. The first kappa shape index (κ1) is 15.8. The number of aryl methyl sites for hydroxylation is 1. The Morgan fingerprint density at radius 2 is 2.26 bits per heavy atom. The standard InChI is InChI=1S/C16H18ClFN4O/c1-10-13(8-19-21(10)2)16(23)20-11-5-6-22(9-11)12-3-4-15(18)14(17)7-12/h3-4,7-8,11H,5-6,9H2,1-2H3,(H,20,23). The zero-order chi connectivity index (χ0) is 16.6. The molecule has 2 aromatic rings. The largest absolute Gasteiger partial charge is 0.369 e. The third-order valence-electron chi connectivity index (χ3n) is 4.27. The van der Waals surface area contributed by atoms with Crippen molar-refractivity contribution in [1.29, 1.82) is 0 Å². The number of hydrogen-bond donors (Lipinski definition) is 1. The van der Waals surface area contributed by atoms with E-state index < -0.39 is 5.82 Å². The molecule has 1 aromatic heterocycles. The fourth-order valence-corrected chi connectivity index (χ4v) is 2.95. The van der Waals surface area contributed by atoms with E-state index in [-0.39, 0.29) is 17.0 Å². The van der Waals surface area contributed by atoms with E-state index >= 15 is 0 Å². The average Bonchev–Trinajstić information content (AvgIpc) is 3.10. The van der Waals surface area contributed by atoms with Crippen molar-refractivity contribution in [3.63, 3.8) is 0 Å². The van der Waals surface area contributed by atoms with Crippen molar-refractivity contribution in [2.45, 2.75) is 19.4 Å². The van der Waals surface area contributed by atoms with Gasteiger partial charge in [0.2, 0.25) is 0 Å². The van der Waals surface area contributed by atoms with Gasteiger partial charge in [0.25, 0.3) is 5.91 Å². The first-order valence-corrected chi connectivity index (χ1v) is 7.83. The second kappa shape index (κ2) is 6.20. The highest BCUT2D eigenvalue weighted by Gasteiger charge is 2.25. The second-order valence-electron chi connectivity index (χ2n) is 5.77. The van der Waals surface area contributed by atoms with Gasteiger partial charge in [-0.05, 0) is 31.5 Å². The van der Waals surface area contributed by atoms with Gasteiger partial charge in [-0.25, -0.2) is 4.39 Å². The van der Waals surface area contributed by atoms with Crippen molar-refractivity contribution in [1.82, 2.24) is 15.1 Å². The van der Waals surface area contributed by atoms with Gasteiger partial charge >= 0.3 is 0 Å². The van der Waals surface area contributed by atoms with Gasteiger partial charge in [0.1, 0.15) is 5.82 Å². The summed E-state index contributed by atoms with van der Waals surface area (Å²) in [5.41, 5.74) is 2.30. The van der Waals surface area contributed by atoms with Gasteiger partial charge in [-0.1, -0.05) is 11.6 Å². The SMILES string of the molecule is Cc1c(C(=O)NC2CCN(c3ccc(F)c(Cl)c3)C2)cnn1C. The van der Waals surface area contributed by atoms with E-state index in [0.29, 0.717) is 12.1 Å². The number of halogens is 2. The Labute approximate surface area is 139 Å². The predicted octanol–water partition coefficient (Wildman–Crippen LogP) is 2.53. The van der Waals surface area contributed by atoms with E-state index in [1.165, 1.54) is 6.07 Å². The van der Waals surface area contributed by atoms with E-state index in [2.05, 4.69) is 15.3 Å². The van der Waals surface area contributed by atoms with Crippen LogP contribution in [0.2, 0.25) is 5.02 Å². The summed E-state index contributed by atoms with van der Waals surface area (Å²) in [4.78, 5) is 14.4. The van der Waals surface area contributed by atoms with Crippen LogP contribution in [0.1, 0.15) is 22.5 Å². The quantitative estimate of drug-likeness (QED) is 0.937. The number of nitrogens with one attached hydrogen (secondary N) is 1. The molecule has 1 saturated heterocycles. The summed E-state index contributed by atoms with van der Waals surface area (Å²) in [7, 11) is 1.81. The predicted molar refractivity (Wildman–Crippen MR) is 87.4 cm³/mol. The molecule has 1 fully saturated rings. The van der Waals surface area contributed by atoms with Crippen LogP contribution in [0.15, 0.2) is 24.4 Å². The van der Waals surface area contributed by atoms with Gasteiger partial charge in [0.05, 0.1) is 16.8 Å². The number of anilines is 1. The number of rotatable bonds is 3. The van der Waals surface area contributed by atoms with Crippen molar-refractivity contribution in [2.75, 3.05) is 18.0 Å². The molecule has 122 valence electrons. The highest BCUT2D eigenvalue weighted by Crippen LogP contribution is 2.25. The van der Waals surface area contributed by atoms with Crippen LogP contribution >= 0.6 is 11.6 Å². The van der Waals surface area contributed by atoms with Crippen molar-refractivity contribution in [3.8, 4) is 0 Å². The van der Waals surface area contributed by atoms with Crippen molar-refractivity contribution in [2.24, 2.45) is 7.05 Å². The minimum Gasteiger partial charge on any atom is -0.369 e. The summed E-state index contributed by atoms with van der Waals surface area (Å²) >= 11 is 5.83. The van der Waals surface area contributed by atoms with Crippen molar-refractivity contribution >= 4 is 23.2 Å². The van der Waals surface area contributed by atoms with Gasteiger partial charge in [-0.2, -0.15) is 5.10 Å². The van der Waals surface area contributed by atoms with Gasteiger partial charge in [-0.15, -0.1) is 0 Å². The molecule has 1 aliphatic heterocycles. The minimum atomic E-state index is -0.425. The number of nitrogens with zero attached hydrogens (tertiary/aromatic N) is 3. The summed E-state index contributed by atoms with van der Waals surface area (Å²) < 4.78 is 14.9. The van der Waals surface area contributed by atoms with Crippen LogP contribution in [0.25, 0.3) is 0 Å². The molecule has 0 radical (unpaired) electrons. The zero-order valence-corrected chi connectivity index (χ0v) is 13.8. The molecule has 1 aliphatic rings. The van der Waals surface area contributed by atoms with Crippen LogP contribution in [-0.2, 0) is 7.05 Å². The Bertz CT molecular complexity index is 746. The summed E-state index contributed by atoms with van der Waals surface area (Å²) in [6.45, 7) is 3.33. The smallest absolute Gasteiger partial charge is 0.255 e. The Morgan fingerprint density at radius 1 is 1.48 bits per heavy atom. The van der Waals surface area contributed by atoms with E-state index in [4.69, 9.17) is 11.6 Å². The van der Waals surface area contributed by atoms with E-state index in [9.17, 15) is 9.18 Å². The Kier molecular flexibility index (Phi) is 4.26. The molecule has 2 heterocycles. The lowest BCUT2D eigenvalue weighted by molar-refractivity contribution is 0.0939. The summed E-state index contributed by atoms with van der Waals surface area (Å²) in [6, 6.07) is 4.73. The maximum absolute atomic E-state index is 13.2. The third-order valence-corrected chi connectivity index (χ3v) is 4.56. The molecule has 1 unspecified atom stereocenters. The minimum absolute atomic E-state index is 0.0472. The highest BCUT2D eigenvalue weighted by atomic mass is 35.5. The van der Waals surface area contributed by atoms with Crippen LogP contribution in [0.5, 0.6) is 0 Å². The normalized spacial score (nSPS) is 17.6. The molecule has 1 atom stereocenters. The molecule has 1 amide bonds. The number of carbonyl (C=O) groups is 1. The molecule has 0 aliphatic carbocycles. The van der Waals surface area contributed by atoms with Crippen LogP contribution in [0, 0.1) is 12.7 Å². The molecular formula is C16H18ClFN4O. The molecule has 0 bridgehead atoms. The lowest BCUT2D eigenvalue weighted by Crippen LogP contribution is -2.37. The van der Waals surface area contributed by atoms with Gasteiger partial charge < -0.3 is 10.2 Å². The molecule has 7 heteroatoms. The van der Waals surface area contributed by atoms with Crippen molar-refractivity contribution in [3.05, 3.63) is 46.5 Å². The fourth-order valence-electron chi connectivity index (χ4n) is 2.78. The third kappa shape index (κ3) is 3.17. The van der Waals surface area contributed by atoms with Crippen LogP contribution in [0.3, 0.4) is 0 Å². The molecule has 1 N–H and O–H groups in total. The number of aromatic nitrogens is 2. The number of hydrogen-bond acceptors (Lipinski definition) is 3. The monoisotopic (exact) mass is 336 g/mol. The topological polar surface area (TPSA) is 50.2 Å². The number of carbonyl (C=O) groups excluding carboxylic acids is 1. The molecule has 1 aromatic carbocycles. The van der Waals surface area contributed by atoms with Crippen LogP contribution < -0.4 is 10.2 Å². The molecule has 0 spiro atoms. The fraction of sp³-hybridized carbons (Fsp3) is 0.375. The summed E-state index contributed by atoms with van der Waals surface area (Å²) in [5, 5.41) is 7.23. The van der Waals surface area contributed by atoms with E-state index in [1.807, 2.05) is 14.0 Å². The first-order chi connectivity index (χ1) is 11.0. The Balaban J connectivity index is 1.64. The summed E-state index contributed by atoms with van der Waals surface area (Å²) in [5.74, 6) is -0.536. The Morgan fingerprint density at radius 3 is 2.91 bits per heavy atom. The molecular weight excluding hydrogens is 319 g/mol. The van der Waals surface area contributed by atoms with Crippen LogP contribution in [0.4, 0.5) is 10.1 Å². The van der Waals surface area contributed by atoms with Crippen molar-refractivity contribution < 1.29 is 9.18 Å². The number of amides is 1. The van der Waals surface area contributed by atoms with Crippen LogP contribution in [-0.4, -0.2) is 34.8 Å². The van der Waals surface area contributed by atoms with Gasteiger partial charge in [0.15, 0.2) is 0 Å². The second-order valence-corrected chi connectivity index (χ2v) is 6.18. The number of benzene rings is 1. The zero-order valence-electron chi connectivity index (χ0n) is 13.0. The molecule has 0 saturated carbocycles. The first-order valence-electron chi connectivity index (χ1n) is 7.45. The highest BCUT2D eigenvalue weighted by molar-refractivity contribution is 6.31. The molecule has 3 rings (SSSR count). The van der Waals surface area contributed by atoms with Gasteiger partial charge in [-0.3, -0.25) is 9.48 Å². The Hall–Kier alpha value is -2.08. The average molecular weight is 337 g/mol. The maximum atomic E-state index is 13.2. The maximum Gasteiger partial charge on any atom is 0.255 e. The van der Waals surface area contributed by atoms with Gasteiger partial charge in [0, 0.05) is 37.6 Å².